The summed E-state index contributed by atoms with van der Waals surface area (Å²) in [5.41, 5.74) is -0.558. The molecule has 0 aliphatic carbocycles. The van der Waals surface area contributed by atoms with E-state index in [-0.39, 0.29) is 16.6 Å². The van der Waals surface area contributed by atoms with Gasteiger partial charge in [0.1, 0.15) is 17.8 Å². The van der Waals surface area contributed by atoms with E-state index in [9.17, 15) is 18.4 Å². The lowest BCUT2D eigenvalue weighted by molar-refractivity contribution is -0.113. The van der Waals surface area contributed by atoms with Crippen LogP contribution in [0.1, 0.15) is 0 Å². The molecule has 0 aliphatic rings. The monoisotopic (exact) mass is 298 g/mol. The summed E-state index contributed by atoms with van der Waals surface area (Å²) in [4.78, 5) is 24.9. The van der Waals surface area contributed by atoms with Crippen LogP contribution in [-0.4, -0.2) is 26.8 Å². The van der Waals surface area contributed by atoms with Crippen molar-refractivity contribution in [1.29, 1.82) is 0 Å². The smallest absolute Gasteiger partial charge is 0.270 e. The van der Waals surface area contributed by atoms with E-state index in [2.05, 4.69) is 20.5 Å². The Labute approximate surface area is 115 Å². The number of nitrogens with zero attached hydrogens (tertiary/aromatic N) is 2. The highest BCUT2D eigenvalue weighted by molar-refractivity contribution is 7.99. The molecule has 6 nitrogen and oxygen atoms in total. The molecule has 1 heterocycles. The molecule has 0 saturated heterocycles. The highest BCUT2D eigenvalue weighted by atomic mass is 32.2. The maximum Gasteiger partial charge on any atom is 0.270 e. The van der Waals surface area contributed by atoms with Crippen LogP contribution in [0.4, 0.5) is 14.5 Å². The fourth-order valence-electron chi connectivity index (χ4n) is 1.27. The van der Waals surface area contributed by atoms with Gasteiger partial charge in [-0.05, 0) is 12.1 Å². The molecular formula is C11H8F2N4O2S. The summed E-state index contributed by atoms with van der Waals surface area (Å²) in [7, 11) is 0. The summed E-state index contributed by atoms with van der Waals surface area (Å²) in [6.45, 7) is 0. The normalized spacial score (nSPS) is 10.3. The molecule has 9 heteroatoms. The first-order valence-electron chi connectivity index (χ1n) is 5.34. The van der Waals surface area contributed by atoms with E-state index in [4.69, 9.17) is 0 Å². The molecule has 1 aromatic heterocycles. The van der Waals surface area contributed by atoms with Crippen LogP contribution in [0.2, 0.25) is 0 Å². The van der Waals surface area contributed by atoms with Gasteiger partial charge in [0.2, 0.25) is 5.91 Å². The van der Waals surface area contributed by atoms with Gasteiger partial charge in [-0.15, -0.1) is 5.10 Å². The third-order valence-corrected chi connectivity index (χ3v) is 2.96. The summed E-state index contributed by atoms with van der Waals surface area (Å²) in [5.74, 6) is -2.22. The molecule has 2 rings (SSSR count). The average molecular weight is 298 g/mol. The van der Waals surface area contributed by atoms with Crippen LogP contribution in [0.3, 0.4) is 0 Å². The van der Waals surface area contributed by atoms with Gasteiger partial charge in [-0.1, -0.05) is 11.8 Å². The number of carbonyl (C=O) groups is 1. The van der Waals surface area contributed by atoms with E-state index in [1.807, 2.05) is 0 Å². The third kappa shape index (κ3) is 3.85. The van der Waals surface area contributed by atoms with Crippen molar-refractivity contribution < 1.29 is 13.6 Å². The molecule has 0 fully saturated rings. The predicted molar refractivity (Wildman–Crippen MR) is 68.4 cm³/mol. The van der Waals surface area contributed by atoms with E-state index in [1.165, 1.54) is 0 Å². The lowest BCUT2D eigenvalue weighted by Gasteiger charge is -2.05. The lowest BCUT2D eigenvalue weighted by Crippen LogP contribution is -2.16. The highest BCUT2D eigenvalue weighted by Gasteiger charge is 2.09. The number of hydrogen-bond donors (Lipinski definition) is 2. The number of carbonyl (C=O) groups excluding carboxylic acids is 1. The SMILES string of the molecule is O=C(CSc1nncc(=O)[nH]1)Nc1ccc(F)cc1F. The van der Waals surface area contributed by atoms with Crippen molar-refractivity contribution in [1.82, 2.24) is 15.2 Å². The Kier molecular flexibility index (Phi) is 4.41. The molecule has 0 spiro atoms. The van der Waals surface area contributed by atoms with Crippen LogP contribution < -0.4 is 10.9 Å². The number of nitrogens with one attached hydrogen (secondary N) is 2. The van der Waals surface area contributed by atoms with Crippen LogP contribution in [-0.2, 0) is 4.79 Å². The Morgan fingerprint density at radius 1 is 1.40 bits per heavy atom. The number of hydrogen-bond acceptors (Lipinski definition) is 5. The number of benzene rings is 1. The second-order valence-corrected chi connectivity index (χ2v) is 4.56. The molecule has 1 aromatic carbocycles. The molecule has 20 heavy (non-hydrogen) atoms. The Balaban J connectivity index is 1.94. The Hall–Kier alpha value is -2.29. The van der Waals surface area contributed by atoms with Crippen LogP contribution in [0.5, 0.6) is 0 Å². The van der Waals surface area contributed by atoms with Gasteiger partial charge in [-0.2, -0.15) is 5.10 Å². The van der Waals surface area contributed by atoms with Crippen LogP contribution in [0.15, 0.2) is 34.3 Å². The summed E-state index contributed by atoms with van der Waals surface area (Å²) in [5, 5.41) is 9.48. The Bertz CT molecular complexity index is 692. The van der Waals surface area contributed by atoms with Crippen molar-refractivity contribution in [2.75, 3.05) is 11.1 Å². The topological polar surface area (TPSA) is 87.7 Å². The van der Waals surface area contributed by atoms with Crippen molar-refractivity contribution in [3.05, 3.63) is 46.4 Å². The summed E-state index contributed by atoms with van der Waals surface area (Å²) in [6, 6.07) is 2.83. The third-order valence-electron chi connectivity index (χ3n) is 2.10. The van der Waals surface area contributed by atoms with Crippen molar-refractivity contribution in [3.8, 4) is 0 Å². The molecule has 104 valence electrons. The lowest BCUT2D eigenvalue weighted by atomic mass is 10.3. The molecule has 0 saturated carbocycles. The second-order valence-electron chi connectivity index (χ2n) is 3.60. The molecule has 0 bridgehead atoms. The number of amides is 1. The number of thioether (sulfide) groups is 1. The zero-order valence-corrected chi connectivity index (χ0v) is 10.7. The molecule has 2 aromatic rings. The van der Waals surface area contributed by atoms with Gasteiger partial charge >= 0.3 is 0 Å². The molecule has 0 aliphatic heterocycles. The maximum atomic E-state index is 13.3. The van der Waals surface area contributed by atoms with Gasteiger partial charge < -0.3 is 5.32 Å². The standard InChI is InChI=1S/C11H8F2N4O2S/c12-6-1-2-8(7(13)3-6)15-10(19)5-20-11-16-9(18)4-14-17-11/h1-4H,5H2,(H,15,19)(H,16,17,18). The van der Waals surface area contributed by atoms with E-state index >= 15 is 0 Å². The minimum Gasteiger partial charge on any atom is -0.323 e. The molecule has 1 amide bonds. The number of rotatable bonds is 4. The number of aromatic amines is 1. The quantitative estimate of drug-likeness (QED) is 0.827. The van der Waals surface area contributed by atoms with E-state index in [0.29, 0.717) is 6.07 Å². The second kappa shape index (κ2) is 6.24. The first-order chi connectivity index (χ1) is 9.54. The van der Waals surface area contributed by atoms with E-state index < -0.39 is 23.1 Å². The minimum atomic E-state index is -0.865. The van der Waals surface area contributed by atoms with Gasteiger partial charge in [0.25, 0.3) is 5.56 Å². The average Bonchev–Trinajstić information content (AvgIpc) is 2.40. The Morgan fingerprint density at radius 3 is 2.90 bits per heavy atom. The summed E-state index contributed by atoms with van der Waals surface area (Å²) < 4.78 is 26.0. The van der Waals surface area contributed by atoms with Crippen molar-refractivity contribution in [2.24, 2.45) is 0 Å². The van der Waals surface area contributed by atoms with E-state index in [1.54, 1.807) is 0 Å². The van der Waals surface area contributed by atoms with Crippen LogP contribution in [0.25, 0.3) is 0 Å². The van der Waals surface area contributed by atoms with Gasteiger partial charge in [0.15, 0.2) is 5.16 Å². The van der Waals surface area contributed by atoms with E-state index in [0.717, 1.165) is 30.1 Å². The number of halogens is 2. The minimum absolute atomic E-state index is 0.106. The first-order valence-corrected chi connectivity index (χ1v) is 6.33. The largest absolute Gasteiger partial charge is 0.323 e. The molecule has 0 radical (unpaired) electrons. The molecule has 2 N–H and O–H groups in total. The molecule has 0 unspecified atom stereocenters. The van der Waals surface area contributed by atoms with Crippen molar-refractivity contribution in [2.45, 2.75) is 5.16 Å². The highest BCUT2D eigenvalue weighted by Crippen LogP contribution is 2.16. The van der Waals surface area contributed by atoms with Crippen molar-refractivity contribution >= 4 is 23.4 Å². The van der Waals surface area contributed by atoms with Gasteiger partial charge in [-0.3, -0.25) is 14.6 Å². The Morgan fingerprint density at radius 2 is 2.20 bits per heavy atom. The molecular weight excluding hydrogens is 290 g/mol. The van der Waals surface area contributed by atoms with Crippen LogP contribution in [0, 0.1) is 11.6 Å². The zero-order chi connectivity index (χ0) is 14.5. The summed E-state index contributed by atoms with van der Waals surface area (Å²) in [6.07, 6.45) is 0.998. The fourth-order valence-corrected chi connectivity index (χ4v) is 1.89. The predicted octanol–water partition coefficient (Wildman–Crippen LogP) is 1.17. The molecule has 0 atom stereocenters. The van der Waals surface area contributed by atoms with Gasteiger partial charge in [0.05, 0.1) is 11.4 Å². The van der Waals surface area contributed by atoms with Gasteiger partial charge in [-0.25, -0.2) is 8.78 Å². The maximum absolute atomic E-state index is 13.3. The number of aromatic nitrogens is 3. The number of anilines is 1. The summed E-state index contributed by atoms with van der Waals surface area (Å²) >= 11 is 0.933. The van der Waals surface area contributed by atoms with Gasteiger partial charge in [0, 0.05) is 6.07 Å². The van der Waals surface area contributed by atoms with Crippen LogP contribution >= 0.6 is 11.8 Å². The zero-order valence-electron chi connectivity index (χ0n) is 9.89. The number of H-pyrrole nitrogens is 1. The first kappa shape index (κ1) is 14.1. The van der Waals surface area contributed by atoms with Crippen molar-refractivity contribution in [3.63, 3.8) is 0 Å². The fraction of sp³-hybridized carbons (Fsp3) is 0.0909.